The van der Waals surface area contributed by atoms with Crippen LogP contribution in [0, 0.1) is 20.2 Å². The van der Waals surface area contributed by atoms with Crippen molar-refractivity contribution in [1.29, 1.82) is 0 Å². The van der Waals surface area contributed by atoms with E-state index in [4.69, 9.17) is 33.3 Å². The van der Waals surface area contributed by atoms with Crippen LogP contribution in [0.2, 0.25) is 36.3 Å². The molecule has 0 saturated heterocycles. The second kappa shape index (κ2) is 17.9. The maximum atomic E-state index is 11.2. The van der Waals surface area contributed by atoms with Crippen LogP contribution >= 0.6 is 24.4 Å². The quantitative estimate of drug-likeness (QED) is 0.0522. The summed E-state index contributed by atoms with van der Waals surface area (Å²) in [6.07, 6.45) is 0. The Morgan fingerprint density at radius 1 is 0.556 bits per heavy atom. The molecule has 0 atom stereocenters. The number of nitro groups is 2. The molecule has 4 N–H and O–H groups in total. The number of nitrogens with zero attached hydrogens (tertiary/aromatic N) is 2. The number of non-ortho nitro benzene ring substituents is 2. The highest BCUT2D eigenvalue weighted by Gasteiger charge is 2.40. The van der Waals surface area contributed by atoms with Crippen molar-refractivity contribution in [3.63, 3.8) is 0 Å². The predicted molar refractivity (Wildman–Crippen MR) is 234 cm³/mol. The fourth-order valence-electron chi connectivity index (χ4n) is 4.09. The van der Waals surface area contributed by atoms with Gasteiger partial charge in [0.2, 0.25) is 0 Å². The number of para-hydroxylation sites is 2. The van der Waals surface area contributed by atoms with Gasteiger partial charge in [0.05, 0.1) is 33.4 Å². The number of hydrogen-bond acceptors (Lipinski definition) is 8. The van der Waals surface area contributed by atoms with E-state index in [1.807, 2.05) is 60.7 Å². The van der Waals surface area contributed by atoms with Gasteiger partial charge in [-0.25, -0.2) is 0 Å². The van der Waals surface area contributed by atoms with E-state index < -0.39 is 26.5 Å². The molecule has 54 heavy (non-hydrogen) atoms. The SMILES string of the molecule is CC(C)(C)[Si](C)(C)Oc1cc([N+](=O)[O-])ccc1NC(=S)Nc1ccccc1.CC(C)(C)[Si](C)(C)Oc1cc([N+](=O)[O-])ccc1NC(=S)Nc1ccccc1. The molecule has 12 nitrogen and oxygen atoms in total. The van der Waals surface area contributed by atoms with Crippen LogP contribution in [0.25, 0.3) is 0 Å². The number of hydrogen-bond donors (Lipinski definition) is 4. The Hall–Kier alpha value is -4.91. The van der Waals surface area contributed by atoms with E-state index in [2.05, 4.69) is 89.0 Å². The normalized spacial score (nSPS) is 11.6. The van der Waals surface area contributed by atoms with E-state index in [0.717, 1.165) is 11.4 Å². The average Bonchev–Trinajstić information content (AvgIpc) is 3.06. The van der Waals surface area contributed by atoms with Crippen molar-refractivity contribution >= 4 is 85.4 Å². The predicted octanol–water partition coefficient (Wildman–Crippen LogP) is 11.6. The molecule has 4 aromatic carbocycles. The van der Waals surface area contributed by atoms with E-state index in [-0.39, 0.29) is 21.5 Å². The van der Waals surface area contributed by atoms with Gasteiger partial charge in [-0.15, -0.1) is 0 Å². The molecule has 0 spiro atoms. The van der Waals surface area contributed by atoms with Gasteiger partial charge in [0.25, 0.3) is 28.0 Å². The lowest BCUT2D eigenvalue weighted by atomic mass is 10.2. The number of rotatable bonds is 10. The molecule has 0 bridgehead atoms. The van der Waals surface area contributed by atoms with Crippen LogP contribution in [0.3, 0.4) is 0 Å². The minimum atomic E-state index is -2.19. The Balaban J connectivity index is 0.000000290. The highest BCUT2D eigenvalue weighted by Crippen LogP contribution is 2.42. The topological polar surface area (TPSA) is 153 Å². The van der Waals surface area contributed by atoms with Crippen molar-refractivity contribution in [3.8, 4) is 11.5 Å². The molecule has 0 saturated carbocycles. The average molecular weight is 807 g/mol. The minimum Gasteiger partial charge on any atom is -0.542 e. The smallest absolute Gasteiger partial charge is 0.273 e. The Kier molecular flexibility index (Phi) is 14.5. The molecule has 0 aliphatic carbocycles. The summed E-state index contributed by atoms with van der Waals surface area (Å²) in [5.41, 5.74) is 2.86. The number of thiocarbonyl (C=S) groups is 2. The second-order valence-electron chi connectivity index (χ2n) is 15.5. The van der Waals surface area contributed by atoms with E-state index in [1.54, 1.807) is 12.1 Å². The van der Waals surface area contributed by atoms with Gasteiger partial charge in [0.1, 0.15) is 11.5 Å². The lowest BCUT2D eigenvalue weighted by Gasteiger charge is -2.37. The highest BCUT2D eigenvalue weighted by atomic mass is 32.1. The first-order valence-corrected chi connectivity index (χ1v) is 23.8. The first-order valence-electron chi connectivity index (χ1n) is 17.2. The molecular weight excluding hydrogens is 757 g/mol. The van der Waals surface area contributed by atoms with Gasteiger partial charge in [0, 0.05) is 23.5 Å². The summed E-state index contributed by atoms with van der Waals surface area (Å²) in [5, 5.41) is 35.4. The standard InChI is InChI=1S/2C19H25N3O3SSi/c2*1-19(2,3)27(4,5)25-17-13-15(22(23)24)11-12-16(17)21-18(26)20-14-9-7-6-8-10-14/h2*6-13H,1-5H3,(H2,20,21,26). The van der Waals surface area contributed by atoms with E-state index in [9.17, 15) is 20.2 Å². The fraction of sp³-hybridized carbons (Fsp3) is 0.316. The summed E-state index contributed by atoms with van der Waals surface area (Å²) in [6.45, 7) is 21.1. The van der Waals surface area contributed by atoms with Crippen molar-refractivity contribution in [3.05, 3.63) is 117 Å². The van der Waals surface area contributed by atoms with E-state index >= 15 is 0 Å². The summed E-state index contributed by atoms with van der Waals surface area (Å²) >= 11 is 10.8. The number of anilines is 4. The summed E-state index contributed by atoms with van der Waals surface area (Å²) in [7, 11) is -4.37. The Labute approximate surface area is 330 Å². The van der Waals surface area contributed by atoms with Gasteiger partial charge in [0.15, 0.2) is 10.2 Å². The van der Waals surface area contributed by atoms with Gasteiger partial charge in [-0.1, -0.05) is 77.9 Å². The zero-order valence-corrected chi connectivity index (χ0v) is 36.0. The van der Waals surface area contributed by atoms with Crippen molar-refractivity contribution < 1.29 is 18.7 Å². The largest absolute Gasteiger partial charge is 0.542 e. The second-order valence-corrected chi connectivity index (χ2v) is 25.8. The van der Waals surface area contributed by atoms with Gasteiger partial charge in [-0.3, -0.25) is 20.2 Å². The summed E-state index contributed by atoms with van der Waals surface area (Å²) in [5.74, 6) is 0.876. The van der Waals surface area contributed by atoms with Crippen molar-refractivity contribution in [2.45, 2.75) is 77.8 Å². The third kappa shape index (κ3) is 12.6. The molecular formula is C38H50N6O6S2Si2. The molecule has 16 heteroatoms. The molecule has 4 aromatic rings. The Morgan fingerprint density at radius 3 is 1.15 bits per heavy atom. The summed E-state index contributed by atoms with van der Waals surface area (Å²) < 4.78 is 12.6. The maximum absolute atomic E-state index is 11.2. The molecule has 4 rings (SSSR count). The van der Waals surface area contributed by atoms with Gasteiger partial charge in [-0.05, 0) is 97.1 Å². The Bertz CT molecular complexity index is 1810. The molecule has 0 fully saturated rings. The summed E-state index contributed by atoms with van der Waals surface area (Å²) in [6, 6.07) is 28.1. The number of nitrogens with one attached hydrogen (secondary N) is 4. The van der Waals surface area contributed by atoms with Gasteiger partial charge < -0.3 is 30.1 Å². The fourth-order valence-corrected chi connectivity index (χ4v) is 6.60. The molecule has 0 radical (unpaired) electrons. The van der Waals surface area contributed by atoms with Crippen LogP contribution in [-0.2, 0) is 0 Å². The van der Waals surface area contributed by atoms with Crippen LogP contribution in [0.15, 0.2) is 97.1 Å². The molecule has 0 unspecified atom stereocenters. The maximum Gasteiger partial charge on any atom is 0.273 e. The lowest BCUT2D eigenvalue weighted by Crippen LogP contribution is -2.44. The highest BCUT2D eigenvalue weighted by molar-refractivity contribution is 7.81. The first kappa shape index (κ1) is 43.5. The molecule has 0 aliphatic heterocycles. The number of benzene rings is 4. The van der Waals surface area contributed by atoms with Crippen molar-refractivity contribution in [1.82, 2.24) is 0 Å². The van der Waals surface area contributed by atoms with E-state index in [0.29, 0.717) is 33.1 Å². The monoisotopic (exact) mass is 806 g/mol. The first-order chi connectivity index (χ1) is 25.0. The van der Waals surface area contributed by atoms with Crippen LogP contribution in [0.1, 0.15) is 41.5 Å². The number of nitro benzene ring substituents is 2. The summed E-state index contributed by atoms with van der Waals surface area (Å²) in [4.78, 5) is 21.5. The zero-order valence-electron chi connectivity index (χ0n) is 32.4. The molecule has 0 heterocycles. The van der Waals surface area contributed by atoms with Gasteiger partial charge >= 0.3 is 0 Å². The zero-order chi connectivity index (χ0) is 40.5. The van der Waals surface area contributed by atoms with Crippen molar-refractivity contribution in [2.75, 3.05) is 21.3 Å². The third-order valence-electron chi connectivity index (χ3n) is 9.25. The van der Waals surface area contributed by atoms with Crippen LogP contribution in [0.4, 0.5) is 34.1 Å². The third-order valence-corrected chi connectivity index (χ3v) is 18.3. The van der Waals surface area contributed by atoms with Gasteiger partial charge in [-0.2, -0.15) is 0 Å². The minimum absolute atomic E-state index is 0.0174. The molecule has 0 aromatic heterocycles. The van der Waals surface area contributed by atoms with Crippen LogP contribution in [0.5, 0.6) is 11.5 Å². The van der Waals surface area contributed by atoms with Crippen molar-refractivity contribution in [2.24, 2.45) is 0 Å². The molecule has 0 aliphatic rings. The Morgan fingerprint density at radius 2 is 0.870 bits per heavy atom. The molecule has 0 amide bonds. The van der Waals surface area contributed by atoms with E-state index in [1.165, 1.54) is 24.3 Å². The van der Waals surface area contributed by atoms with Crippen LogP contribution in [-0.4, -0.2) is 36.7 Å². The van der Waals surface area contributed by atoms with Crippen LogP contribution < -0.4 is 30.1 Å². The molecule has 288 valence electrons. The lowest BCUT2D eigenvalue weighted by molar-refractivity contribution is -0.385.